The first-order valence-corrected chi connectivity index (χ1v) is 10.4. The minimum Gasteiger partial charge on any atom is -0.389 e. The normalized spacial score (nSPS) is 47.9. The van der Waals surface area contributed by atoms with Gasteiger partial charge in [-0.3, -0.25) is 4.79 Å². The molecular weight excluding hydrogens is 340 g/mol. The molecule has 0 aromatic heterocycles. The molecule has 27 heavy (non-hydrogen) atoms. The molecule has 1 N–H and O–H groups in total. The number of hydrogen-bond acceptors (Lipinski definition) is 4. The molecule has 1 aliphatic heterocycles. The first kappa shape index (κ1) is 19.4. The third-order valence-corrected chi connectivity index (χ3v) is 8.66. The highest BCUT2D eigenvalue weighted by Crippen LogP contribution is 2.71. The van der Waals surface area contributed by atoms with E-state index in [0.29, 0.717) is 19.6 Å². The van der Waals surface area contributed by atoms with Crippen LogP contribution in [0, 0.1) is 34.0 Å². The van der Waals surface area contributed by atoms with E-state index in [1.54, 1.807) is 6.08 Å². The van der Waals surface area contributed by atoms with Crippen LogP contribution in [0.4, 0.5) is 0 Å². The van der Waals surface area contributed by atoms with Gasteiger partial charge in [0.2, 0.25) is 0 Å². The fourth-order valence-corrected chi connectivity index (χ4v) is 6.95. The highest BCUT2D eigenvalue weighted by molar-refractivity contribution is 5.90. The number of aliphatic hydroxyl groups is 1. The maximum Gasteiger partial charge on any atom is 0.172 e. The van der Waals surface area contributed by atoms with E-state index in [1.165, 1.54) is 0 Å². The number of ether oxygens (including phenoxy) is 2. The van der Waals surface area contributed by atoms with Crippen LogP contribution < -0.4 is 0 Å². The Bertz CT molecular complexity index is 701. The molecule has 1 heterocycles. The van der Waals surface area contributed by atoms with Crippen LogP contribution in [-0.2, 0) is 14.3 Å². The fourth-order valence-electron chi connectivity index (χ4n) is 6.95. The van der Waals surface area contributed by atoms with Crippen LogP contribution in [0.3, 0.4) is 0 Å². The molecule has 0 bridgehead atoms. The van der Waals surface area contributed by atoms with Crippen molar-refractivity contribution < 1.29 is 19.4 Å². The van der Waals surface area contributed by atoms with Crippen molar-refractivity contribution in [2.45, 2.75) is 65.8 Å². The molecule has 4 nitrogen and oxygen atoms in total. The number of ketones is 1. The van der Waals surface area contributed by atoms with Crippen LogP contribution in [0.5, 0.6) is 0 Å². The van der Waals surface area contributed by atoms with Gasteiger partial charge in [0.05, 0.1) is 19.3 Å². The largest absolute Gasteiger partial charge is 0.389 e. The fraction of sp³-hybridized carbons (Fsp3) is 0.783. The van der Waals surface area contributed by atoms with Crippen molar-refractivity contribution in [1.29, 1.82) is 0 Å². The van der Waals surface area contributed by atoms with Crippen molar-refractivity contribution in [3.8, 4) is 0 Å². The van der Waals surface area contributed by atoms with Gasteiger partial charge in [0.1, 0.15) is 5.78 Å². The molecule has 4 rings (SSSR count). The molecule has 0 aromatic carbocycles. The van der Waals surface area contributed by atoms with Crippen LogP contribution in [0.15, 0.2) is 24.3 Å². The van der Waals surface area contributed by atoms with Gasteiger partial charge in [-0.25, -0.2) is 0 Å². The Morgan fingerprint density at radius 1 is 1.19 bits per heavy atom. The van der Waals surface area contributed by atoms with E-state index in [9.17, 15) is 9.90 Å². The molecule has 0 radical (unpaired) electrons. The van der Waals surface area contributed by atoms with Crippen molar-refractivity contribution in [2.75, 3.05) is 13.2 Å². The summed E-state index contributed by atoms with van der Waals surface area (Å²) in [4.78, 5) is 13.6. The summed E-state index contributed by atoms with van der Waals surface area (Å²) in [5.41, 5.74) is -0.191. The number of allylic oxidation sites excluding steroid dienone is 2. The smallest absolute Gasteiger partial charge is 0.172 e. The second-order valence-corrected chi connectivity index (χ2v) is 10.1. The molecule has 150 valence electrons. The van der Waals surface area contributed by atoms with Crippen molar-refractivity contribution >= 4 is 5.78 Å². The first-order valence-electron chi connectivity index (χ1n) is 10.4. The lowest BCUT2D eigenvalue weighted by atomic mass is 9.48. The lowest BCUT2D eigenvalue weighted by Gasteiger charge is -2.57. The van der Waals surface area contributed by atoms with E-state index >= 15 is 0 Å². The number of hydrogen-bond donors (Lipinski definition) is 1. The van der Waals surface area contributed by atoms with Gasteiger partial charge in [-0.1, -0.05) is 39.8 Å². The van der Waals surface area contributed by atoms with E-state index in [2.05, 4.69) is 40.3 Å². The van der Waals surface area contributed by atoms with Crippen LogP contribution in [0.25, 0.3) is 0 Å². The van der Waals surface area contributed by atoms with Crippen molar-refractivity contribution in [2.24, 2.45) is 34.0 Å². The average Bonchev–Trinajstić information content (AvgIpc) is 3.22. The first-order chi connectivity index (χ1) is 12.5. The minimum atomic E-state index is -0.711. The van der Waals surface area contributed by atoms with E-state index < -0.39 is 22.7 Å². The Hall–Kier alpha value is -0.970. The van der Waals surface area contributed by atoms with Gasteiger partial charge < -0.3 is 14.6 Å². The molecule has 1 saturated heterocycles. The molecule has 4 aliphatic rings. The van der Waals surface area contributed by atoms with E-state index in [1.807, 2.05) is 6.92 Å². The van der Waals surface area contributed by atoms with Gasteiger partial charge in [0.25, 0.3) is 0 Å². The average molecular weight is 375 g/mol. The van der Waals surface area contributed by atoms with Crippen LogP contribution in [0.1, 0.15) is 53.9 Å². The SMILES string of the molecule is C=C[C@@]1(C)CC(O)C2=C[C@@H](C)C(C)(C)C3C4(CC[C@]23[C@H](C)C1=O)OCCO4. The predicted octanol–water partition coefficient (Wildman–Crippen LogP) is 3.89. The quantitative estimate of drug-likeness (QED) is 0.708. The summed E-state index contributed by atoms with van der Waals surface area (Å²) in [7, 11) is 0. The standard InChI is InChI=1S/C23H34O4/c1-7-21(6)13-17(24)16-12-14(2)20(4,5)19-22(16,15(3)18(21)25)8-9-23(19)26-10-11-27-23/h7,12,14-15,17,19,24H,1,8-11,13H2,2-6H3/t14-,15-,17?,19?,21+,22+/m1/s1. The summed E-state index contributed by atoms with van der Waals surface area (Å²) >= 11 is 0. The molecule has 3 aliphatic carbocycles. The topological polar surface area (TPSA) is 55.8 Å². The third kappa shape index (κ3) is 2.24. The predicted molar refractivity (Wildman–Crippen MR) is 104 cm³/mol. The number of carbonyl (C=O) groups excluding carboxylic acids is 1. The van der Waals surface area contributed by atoms with E-state index in [4.69, 9.17) is 9.47 Å². The molecule has 0 aromatic rings. The van der Waals surface area contributed by atoms with Crippen LogP contribution >= 0.6 is 0 Å². The van der Waals surface area contributed by atoms with E-state index in [-0.39, 0.29) is 29.0 Å². The molecule has 3 fully saturated rings. The Labute approximate surface area is 163 Å². The Kier molecular flexibility index (Phi) is 4.14. The number of rotatable bonds is 1. The maximum absolute atomic E-state index is 13.6. The van der Waals surface area contributed by atoms with Gasteiger partial charge in [-0.05, 0) is 36.7 Å². The number of fused-ring (bicyclic) bond motifs is 1. The summed E-state index contributed by atoms with van der Waals surface area (Å²) < 4.78 is 12.5. The maximum atomic E-state index is 13.6. The summed E-state index contributed by atoms with van der Waals surface area (Å²) in [6.45, 7) is 15.9. The third-order valence-electron chi connectivity index (χ3n) is 8.66. The summed E-state index contributed by atoms with van der Waals surface area (Å²) in [6, 6.07) is 0. The Morgan fingerprint density at radius 3 is 2.41 bits per heavy atom. The summed E-state index contributed by atoms with van der Waals surface area (Å²) in [5, 5.41) is 11.3. The highest BCUT2D eigenvalue weighted by Gasteiger charge is 2.72. The van der Waals surface area contributed by atoms with Crippen LogP contribution in [-0.4, -0.2) is 36.0 Å². The lowest BCUT2D eigenvalue weighted by Crippen LogP contribution is -2.57. The Balaban J connectivity index is 1.97. The lowest BCUT2D eigenvalue weighted by molar-refractivity contribution is -0.229. The van der Waals surface area contributed by atoms with Crippen molar-refractivity contribution in [3.63, 3.8) is 0 Å². The second-order valence-electron chi connectivity index (χ2n) is 10.1. The van der Waals surface area contributed by atoms with Gasteiger partial charge in [-0.15, -0.1) is 6.58 Å². The molecule has 2 saturated carbocycles. The summed E-state index contributed by atoms with van der Waals surface area (Å²) in [6.07, 6.45) is 5.35. The highest BCUT2D eigenvalue weighted by atomic mass is 16.7. The number of aliphatic hydroxyl groups excluding tert-OH is 1. The van der Waals surface area contributed by atoms with Gasteiger partial charge in [0, 0.05) is 29.1 Å². The van der Waals surface area contributed by atoms with Gasteiger partial charge in [0.15, 0.2) is 5.79 Å². The molecule has 2 unspecified atom stereocenters. The molecule has 2 spiro atoms. The zero-order chi connectivity index (χ0) is 19.8. The minimum absolute atomic E-state index is 0.0377. The Morgan fingerprint density at radius 2 is 1.81 bits per heavy atom. The molecule has 0 amide bonds. The van der Waals surface area contributed by atoms with Gasteiger partial charge in [-0.2, -0.15) is 0 Å². The van der Waals surface area contributed by atoms with Crippen molar-refractivity contribution in [3.05, 3.63) is 24.3 Å². The summed E-state index contributed by atoms with van der Waals surface area (Å²) in [5.74, 6) is -0.368. The van der Waals surface area contributed by atoms with Crippen molar-refractivity contribution in [1.82, 2.24) is 0 Å². The number of carbonyl (C=O) groups is 1. The zero-order valence-corrected chi connectivity index (χ0v) is 17.4. The molecule has 4 heteroatoms. The van der Waals surface area contributed by atoms with Gasteiger partial charge >= 0.3 is 0 Å². The monoisotopic (exact) mass is 374 g/mol. The van der Waals surface area contributed by atoms with E-state index in [0.717, 1.165) is 18.4 Å². The second kappa shape index (κ2) is 5.77. The zero-order valence-electron chi connectivity index (χ0n) is 17.4. The molecular formula is C23H34O4. The number of Topliss-reactive ketones (excluding diaryl/α,β-unsaturated/α-hetero) is 1. The van der Waals surface area contributed by atoms with Crippen LogP contribution in [0.2, 0.25) is 0 Å². The molecule has 6 atom stereocenters.